The van der Waals surface area contributed by atoms with Gasteiger partial charge in [0.1, 0.15) is 18.7 Å². The Morgan fingerprint density at radius 2 is 1.83 bits per heavy atom. The molecule has 3 rings (SSSR count). The lowest BCUT2D eigenvalue weighted by atomic mass is 9.93. The average molecular weight is 769 g/mol. The molecule has 1 aliphatic rings. The van der Waals surface area contributed by atoms with Gasteiger partial charge >= 0.3 is 11.9 Å². The summed E-state index contributed by atoms with van der Waals surface area (Å²) in [5.41, 5.74) is 1.69. The molecule has 0 fully saturated rings. The number of cyclic esters (lactones) is 2. The number of amides is 3. The first-order valence-electron chi connectivity index (χ1n) is 17.7. The molecule has 3 amide bonds. The van der Waals surface area contributed by atoms with Gasteiger partial charge in [0.05, 0.1) is 5.41 Å². The van der Waals surface area contributed by atoms with Crippen LogP contribution in [0.4, 0.5) is 10.1 Å². The minimum Gasteiger partial charge on any atom is -0.459 e. The molecule has 12 nitrogen and oxygen atoms in total. The van der Waals surface area contributed by atoms with Crippen molar-refractivity contribution < 1.29 is 42.6 Å². The van der Waals surface area contributed by atoms with E-state index >= 15 is 0 Å². The zero-order valence-corrected chi connectivity index (χ0v) is 32.3. The van der Waals surface area contributed by atoms with Crippen molar-refractivity contribution in [1.82, 2.24) is 10.6 Å². The van der Waals surface area contributed by atoms with Crippen LogP contribution < -0.4 is 16.0 Å². The maximum atomic E-state index is 13.6. The average Bonchev–Trinajstić information content (AvgIpc) is 3.11. The van der Waals surface area contributed by atoms with Crippen LogP contribution in [0.1, 0.15) is 64.2 Å². The first kappa shape index (κ1) is 43.4. The summed E-state index contributed by atoms with van der Waals surface area (Å²) in [6.45, 7) is 9.32. The smallest absolute Gasteiger partial charge is 0.347 e. The molecule has 0 unspecified atom stereocenters. The number of nitrogens with one attached hydrogen (secondary N) is 3. The van der Waals surface area contributed by atoms with E-state index in [-0.39, 0.29) is 44.2 Å². The van der Waals surface area contributed by atoms with Crippen molar-refractivity contribution in [2.24, 2.45) is 22.2 Å². The number of aryl methyl sites for hydroxylation is 1. The van der Waals surface area contributed by atoms with E-state index in [0.717, 1.165) is 23.1 Å². The molecule has 0 saturated heterocycles. The molecule has 0 aliphatic carbocycles. The summed E-state index contributed by atoms with van der Waals surface area (Å²) in [6, 6.07) is 11.4. The number of anilines is 1. The van der Waals surface area contributed by atoms with Crippen LogP contribution in [0.5, 0.6) is 0 Å². The SMILES string of the molecule is Cc1ccc(C[C@H]2NC(=O)/C=C/C[C@@H]([C@H](C)/C=C/c3ccc(NC(=O)CN=COCF)cc3)OC(=O)[C@H](CC(C)C)OC(=O)C(C)(C)CNC2=O)cc1Cl. The van der Waals surface area contributed by atoms with E-state index in [2.05, 4.69) is 25.7 Å². The van der Waals surface area contributed by atoms with Gasteiger partial charge in [0.2, 0.25) is 24.6 Å². The van der Waals surface area contributed by atoms with E-state index in [1.807, 2.05) is 52.0 Å². The summed E-state index contributed by atoms with van der Waals surface area (Å²) < 4.78 is 28.1. The second-order valence-electron chi connectivity index (χ2n) is 14.2. The van der Waals surface area contributed by atoms with Gasteiger partial charge in [0.25, 0.3) is 0 Å². The summed E-state index contributed by atoms with van der Waals surface area (Å²) in [6.07, 6.45) is 5.94. The molecule has 0 saturated carbocycles. The molecule has 0 radical (unpaired) electrons. The van der Waals surface area contributed by atoms with Crippen LogP contribution in [-0.2, 0) is 44.6 Å². The highest BCUT2D eigenvalue weighted by atomic mass is 35.5. The highest BCUT2D eigenvalue weighted by Crippen LogP contribution is 2.24. The molecular weight excluding hydrogens is 719 g/mol. The predicted octanol–water partition coefficient (Wildman–Crippen LogP) is 5.91. The minimum absolute atomic E-state index is 0.0185. The van der Waals surface area contributed by atoms with Crippen LogP contribution in [0.15, 0.2) is 65.7 Å². The molecule has 14 heteroatoms. The number of nitrogens with zero attached hydrogens (tertiary/aromatic N) is 1. The van der Waals surface area contributed by atoms with Crippen LogP contribution in [-0.4, -0.2) is 74.3 Å². The Labute approximate surface area is 320 Å². The maximum absolute atomic E-state index is 13.6. The summed E-state index contributed by atoms with van der Waals surface area (Å²) >= 11 is 6.33. The fourth-order valence-electron chi connectivity index (χ4n) is 5.21. The molecule has 54 heavy (non-hydrogen) atoms. The standard InChI is InChI=1S/C40H50ClFN4O8/c1-25(2)18-34-38(50)53-33(27(4)11-12-28-14-16-30(17-15-28)45-36(48)21-43-24-52-23-42)8-7-9-35(47)46-32(20-29-13-10-26(3)31(41)19-29)37(49)44-22-40(5,6)39(51)54-34/h7,9-17,19,24-25,27,32-34H,8,18,20-23H2,1-6H3,(H,44,49)(H,45,48)(H,46,47)/b9-7+,12-11+,43-24?/t27-,32-,33+,34+/m1/s1. The number of carbonyl (C=O) groups excluding carboxylic acids is 5. The third kappa shape index (κ3) is 14.4. The first-order chi connectivity index (χ1) is 25.6. The number of carbonyl (C=O) groups is 5. The van der Waals surface area contributed by atoms with E-state index in [1.165, 1.54) is 6.08 Å². The molecule has 292 valence electrons. The number of esters is 2. The van der Waals surface area contributed by atoms with Gasteiger partial charge in [-0.2, -0.15) is 0 Å². The summed E-state index contributed by atoms with van der Waals surface area (Å²) in [7, 11) is 0. The Morgan fingerprint density at radius 3 is 2.50 bits per heavy atom. The van der Waals surface area contributed by atoms with Crippen molar-refractivity contribution in [3.05, 3.63) is 82.4 Å². The number of halogens is 2. The van der Waals surface area contributed by atoms with Gasteiger partial charge in [-0.15, -0.1) is 0 Å². The molecule has 2 aromatic rings. The van der Waals surface area contributed by atoms with Crippen LogP contribution in [0.25, 0.3) is 6.08 Å². The maximum Gasteiger partial charge on any atom is 0.347 e. The number of benzene rings is 2. The van der Waals surface area contributed by atoms with E-state index in [4.69, 9.17) is 21.1 Å². The highest BCUT2D eigenvalue weighted by molar-refractivity contribution is 6.31. The number of ether oxygens (including phenoxy) is 3. The van der Waals surface area contributed by atoms with Crippen LogP contribution in [0, 0.1) is 24.2 Å². The second-order valence-corrected chi connectivity index (χ2v) is 14.6. The fourth-order valence-corrected chi connectivity index (χ4v) is 5.41. The lowest BCUT2D eigenvalue weighted by Gasteiger charge is -2.29. The Morgan fingerprint density at radius 1 is 1.11 bits per heavy atom. The van der Waals surface area contributed by atoms with E-state index in [0.29, 0.717) is 10.7 Å². The predicted molar refractivity (Wildman–Crippen MR) is 205 cm³/mol. The molecule has 0 bridgehead atoms. The molecule has 4 atom stereocenters. The quantitative estimate of drug-likeness (QED) is 0.137. The molecule has 3 N–H and O–H groups in total. The lowest BCUT2D eigenvalue weighted by Crippen LogP contribution is -2.51. The van der Waals surface area contributed by atoms with Crippen LogP contribution >= 0.6 is 11.6 Å². The van der Waals surface area contributed by atoms with Crippen molar-refractivity contribution in [2.75, 3.05) is 25.3 Å². The molecular formula is C40H50ClFN4O8. The highest BCUT2D eigenvalue weighted by Gasteiger charge is 2.37. The molecule has 1 aliphatic heterocycles. The van der Waals surface area contributed by atoms with E-state index < -0.39 is 60.2 Å². The largest absolute Gasteiger partial charge is 0.459 e. The molecule has 2 aromatic carbocycles. The Hall–Kier alpha value is -5.04. The first-order valence-corrected chi connectivity index (χ1v) is 18.1. The molecule has 1 heterocycles. The number of rotatable bonds is 12. The van der Waals surface area contributed by atoms with Crippen molar-refractivity contribution in [1.29, 1.82) is 0 Å². The fraction of sp³-hybridized carbons (Fsp3) is 0.450. The number of aliphatic imine (C=N–C) groups is 1. The van der Waals surface area contributed by atoms with Gasteiger partial charge in [0, 0.05) is 36.0 Å². The second kappa shape index (κ2) is 21.0. The minimum atomic E-state index is -1.23. The summed E-state index contributed by atoms with van der Waals surface area (Å²) in [5.74, 6) is -3.24. The number of hydrogen-bond acceptors (Lipinski definition) is 9. The molecule has 0 aromatic heterocycles. The Balaban J connectivity index is 1.86. The van der Waals surface area contributed by atoms with Crippen molar-refractivity contribution in [3.8, 4) is 0 Å². The summed E-state index contributed by atoms with van der Waals surface area (Å²) in [4.78, 5) is 69.4. The van der Waals surface area contributed by atoms with Crippen molar-refractivity contribution in [3.63, 3.8) is 0 Å². The normalized spacial score (nSPS) is 21.2. The van der Waals surface area contributed by atoms with Crippen molar-refractivity contribution >= 4 is 59.4 Å². The van der Waals surface area contributed by atoms with Crippen LogP contribution in [0.2, 0.25) is 5.02 Å². The lowest BCUT2D eigenvalue weighted by molar-refractivity contribution is -0.178. The van der Waals surface area contributed by atoms with E-state index in [9.17, 15) is 28.4 Å². The van der Waals surface area contributed by atoms with Crippen LogP contribution in [0.3, 0.4) is 0 Å². The number of alkyl halides is 1. The van der Waals surface area contributed by atoms with Gasteiger partial charge in [-0.3, -0.25) is 19.2 Å². The van der Waals surface area contributed by atoms with Gasteiger partial charge in [-0.25, -0.2) is 14.2 Å². The zero-order valence-electron chi connectivity index (χ0n) is 31.5. The van der Waals surface area contributed by atoms with Gasteiger partial charge in [-0.05, 0) is 74.1 Å². The topological polar surface area (TPSA) is 161 Å². The van der Waals surface area contributed by atoms with Crippen molar-refractivity contribution in [2.45, 2.75) is 79.1 Å². The summed E-state index contributed by atoms with van der Waals surface area (Å²) in [5, 5.41) is 8.74. The van der Waals surface area contributed by atoms with E-state index in [1.54, 1.807) is 50.3 Å². The zero-order chi connectivity index (χ0) is 39.8. The van der Waals surface area contributed by atoms with Gasteiger partial charge in [0.15, 0.2) is 12.5 Å². The number of hydrogen-bond donors (Lipinski definition) is 3. The Kier molecular flexibility index (Phi) is 16.9. The Bertz CT molecular complexity index is 1710. The molecule has 0 spiro atoms. The van der Waals surface area contributed by atoms with Gasteiger partial charge < -0.3 is 30.2 Å². The third-order valence-corrected chi connectivity index (χ3v) is 8.90. The monoisotopic (exact) mass is 768 g/mol. The third-order valence-electron chi connectivity index (χ3n) is 8.49. The van der Waals surface area contributed by atoms with Gasteiger partial charge in [-0.1, -0.05) is 74.9 Å².